The van der Waals surface area contributed by atoms with Crippen molar-refractivity contribution in [3.8, 4) is 5.75 Å². The van der Waals surface area contributed by atoms with E-state index in [9.17, 15) is 9.59 Å². The first-order chi connectivity index (χ1) is 11.5. The molecule has 24 heavy (non-hydrogen) atoms. The molecular weight excluding hydrogens is 304 g/mol. The molecule has 0 aliphatic heterocycles. The number of rotatable bonds is 6. The summed E-state index contributed by atoms with van der Waals surface area (Å²) in [5.41, 5.74) is 1.28. The summed E-state index contributed by atoms with van der Waals surface area (Å²) in [4.78, 5) is 25.7. The Bertz CT molecular complexity index is 699. The van der Waals surface area contributed by atoms with E-state index in [0.29, 0.717) is 17.1 Å². The number of hydrogen-bond acceptors (Lipinski definition) is 3. The van der Waals surface area contributed by atoms with Gasteiger partial charge in [-0.3, -0.25) is 9.59 Å². The number of anilines is 2. The van der Waals surface area contributed by atoms with Crippen LogP contribution in [0.4, 0.5) is 11.4 Å². The summed E-state index contributed by atoms with van der Waals surface area (Å²) in [6.45, 7) is 5.22. The molecule has 0 aliphatic carbocycles. The van der Waals surface area contributed by atoms with Crippen molar-refractivity contribution in [3.63, 3.8) is 0 Å². The van der Waals surface area contributed by atoms with Crippen LogP contribution in [0.2, 0.25) is 0 Å². The van der Waals surface area contributed by atoms with Crippen LogP contribution in [0.15, 0.2) is 54.6 Å². The van der Waals surface area contributed by atoms with Crippen LogP contribution >= 0.6 is 0 Å². The van der Waals surface area contributed by atoms with Crippen LogP contribution < -0.4 is 15.0 Å². The van der Waals surface area contributed by atoms with E-state index in [2.05, 4.69) is 5.32 Å². The number of carbonyl (C=O) groups excluding carboxylic acids is 2. The predicted octanol–water partition coefficient (Wildman–Crippen LogP) is 3.47. The monoisotopic (exact) mass is 326 g/mol. The van der Waals surface area contributed by atoms with Crippen molar-refractivity contribution in [2.24, 2.45) is 0 Å². The molecule has 2 aromatic rings. The van der Waals surface area contributed by atoms with E-state index in [1.54, 1.807) is 24.3 Å². The molecular formula is C19H22N2O3. The number of amides is 2. The first-order valence-electron chi connectivity index (χ1n) is 7.86. The molecule has 0 aromatic heterocycles. The highest BCUT2D eigenvalue weighted by Gasteiger charge is 2.16. The number of ether oxygens (including phenoxy) is 1. The lowest BCUT2D eigenvalue weighted by atomic mass is 10.2. The summed E-state index contributed by atoms with van der Waals surface area (Å²) in [5.74, 6) is 0.131. The summed E-state index contributed by atoms with van der Waals surface area (Å²) in [5, 5.41) is 2.81. The van der Waals surface area contributed by atoms with Gasteiger partial charge in [0.05, 0.1) is 11.8 Å². The Labute approximate surface area is 142 Å². The molecule has 126 valence electrons. The second-order valence-electron chi connectivity index (χ2n) is 5.65. The topological polar surface area (TPSA) is 58.6 Å². The Hall–Kier alpha value is -2.82. The maximum atomic E-state index is 12.4. The van der Waals surface area contributed by atoms with E-state index in [1.165, 1.54) is 11.8 Å². The molecule has 0 atom stereocenters. The van der Waals surface area contributed by atoms with E-state index in [0.717, 1.165) is 0 Å². The zero-order valence-electron chi connectivity index (χ0n) is 14.2. The van der Waals surface area contributed by atoms with E-state index in [-0.39, 0.29) is 24.5 Å². The van der Waals surface area contributed by atoms with Crippen molar-refractivity contribution in [1.82, 2.24) is 0 Å². The molecule has 0 saturated heterocycles. The lowest BCUT2D eigenvalue weighted by Crippen LogP contribution is -2.36. The molecule has 0 saturated carbocycles. The fourth-order valence-electron chi connectivity index (χ4n) is 2.25. The summed E-state index contributed by atoms with van der Waals surface area (Å²) in [6.07, 6.45) is 0.00101. The van der Waals surface area contributed by atoms with Gasteiger partial charge in [-0.1, -0.05) is 30.3 Å². The first kappa shape index (κ1) is 17.5. The van der Waals surface area contributed by atoms with Gasteiger partial charge in [-0.05, 0) is 38.1 Å². The van der Waals surface area contributed by atoms with Crippen LogP contribution in [-0.4, -0.2) is 24.5 Å². The van der Waals surface area contributed by atoms with Gasteiger partial charge in [-0.15, -0.1) is 0 Å². The molecule has 0 bridgehead atoms. The van der Waals surface area contributed by atoms with Crippen molar-refractivity contribution < 1.29 is 14.3 Å². The Kier molecular flexibility index (Phi) is 5.95. The van der Waals surface area contributed by atoms with Crippen molar-refractivity contribution in [2.75, 3.05) is 16.8 Å². The highest BCUT2D eigenvalue weighted by atomic mass is 16.5. The summed E-state index contributed by atoms with van der Waals surface area (Å²) in [7, 11) is 0. The SMILES string of the molecule is CC(=O)N(CC(=O)Nc1ccccc1OC(C)C)c1ccccc1. The normalized spacial score (nSPS) is 10.3. The van der Waals surface area contributed by atoms with Crippen molar-refractivity contribution in [1.29, 1.82) is 0 Å². The van der Waals surface area contributed by atoms with Gasteiger partial charge >= 0.3 is 0 Å². The second kappa shape index (κ2) is 8.15. The highest BCUT2D eigenvalue weighted by Crippen LogP contribution is 2.25. The Balaban J connectivity index is 2.11. The summed E-state index contributed by atoms with van der Waals surface area (Å²) < 4.78 is 5.69. The lowest BCUT2D eigenvalue weighted by Gasteiger charge is -2.21. The molecule has 0 heterocycles. The third-order valence-electron chi connectivity index (χ3n) is 3.27. The van der Waals surface area contributed by atoms with Gasteiger partial charge in [0.25, 0.3) is 0 Å². The molecule has 0 spiro atoms. The van der Waals surface area contributed by atoms with Gasteiger partial charge in [-0.2, -0.15) is 0 Å². The molecule has 2 rings (SSSR count). The molecule has 2 amide bonds. The van der Waals surface area contributed by atoms with Crippen LogP contribution in [-0.2, 0) is 9.59 Å². The largest absolute Gasteiger partial charge is 0.489 e. The van der Waals surface area contributed by atoms with Crippen LogP contribution in [0.5, 0.6) is 5.75 Å². The number of benzene rings is 2. The average Bonchev–Trinajstić information content (AvgIpc) is 2.54. The number of carbonyl (C=O) groups is 2. The minimum atomic E-state index is -0.283. The third-order valence-corrected chi connectivity index (χ3v) is 3.27. The molecule has 2 aromatic carbocycles. The van der Waals surface area contributed by atoms with Gasteiger partial charge in [-0.25, -0.2) is 0 Å². The molecule has 0 fully saturated rings. The zero-order valence-corrected chi connectivity index (χ0v) is 14.2. The molecule has 5 heteroatoms. The minimum Gasteiger partial charge on any atom is -0.489 e. The number of hydrogen-bond donors (Lipinski definition) is 1. The Morgan fingerprint density at radius 1 is 1.04 bits per heavy atom. The summed E-state index contributed by atoms with van der Waals surface area (Å²) >= 11 is 0. The van der Waals surface area contributed by atoms with Crippen LogP contribution in [0, 0.1) is 0 Å². The quantitative estimate of drug-likeness (QED) is 0.884. The summed E-state index contributed by atoms with van der Waals surface area (Å²) in [6, 6.07) is 16.4. The van der Waals surface area contributed by atoms with Crippen LogP contribution in [0.3, 0.4) is 0 Å². The second-order valence-corrected chi connectivity index (χ2v) is 5.65. The fourth-order valence-corrected chi connectivity index (χ4v) is 2.25. The molecule has 0 radical (unpaired) electrons. The molecule has 0 unspecified atom stereocenters. The fraction of sp³-hybridized carbons (Fsp3) is 0.263. The third kappa shape index (κ3) is 4.84. The Morgan fingerprint density at radius 3 is 2.29 bits per heavy atom. The lowest BCUT2D eigenvalue weighted by molar-refractivity contribution is -0.120. The van der Waals surface area contributed by atoms with Crippen LogP contribution in [0.1, 0.15) is 20.8 Å². The van der Waals surface area contributed by atoms with E-state index >= 15 is 0 Å². The van der Waals surface area contributed by atoms with E-state index in [1.807, 2.05) is 44.2 Å². The standard InChI is InChI=1S/C19H22N2O3/c1-14(2)24-18-12-8-7-11-17(18)20-19(23)13-21(15(3)22)16-9-5-4-6-10-16/h4-12,14H,13H2,1-3H3,(H,20,23). The van der Waals surface area contributed by atoms with Crippen LogP contribution in [0.25, 0.3) is 0 Å². The van der Waals surface area contributed by atoms with Crippen molar-refractivity contribution in [2.45, 2.75) is 26.9 Å². The van der Waals surface area contributed by atoms with Crippen molar-refractivity contribution >= 4 is 23.2 Å². The van der Waals surface area contributed by atoms with Crippen molar-refractivity contribution in [3.05, 3.63) is 54.6 Å². The number of nitrogens with one attached hydrogen (secondary N) is 1. The van der Waals surface area contributed by atoms with Gasteiger partial charge in [0, 0.05) is 12.6 Å². The minimum absolute atomic E-state index is 0.00101. The molecule has 1 N–H and O–H groups in total. The molecule has 0 aliphatic rings. The smallest absolute Gasteiger partial charge is 0.244 e. The van der Waals surface area contributed by atoms with Gasteiger partial charge in [0.2, 0.25) is 11.8 Å². The van der Waals surface area contributed by atoms with E-state index < -0.39 is 0 Å². The molecule has 5 nitrogen and oxygen atoms in total. The number of para-hydroxylation sites is 3. The van der Waals surface area contributed by atoms with Gasteiger partial charge < -0.3 is 15.0 Å². The maximum Gasteiger partial charge on any atom is 0.244 e. The predicted molar refractivity (Wildman–Crippen MR) is 95.3 cm³/mol. The maximum absolute atomic E-state index is 12.4. The first-order valence-corrected chi connectivity index (χ1v) is 7.86. The van der Waals surface area contributed by atoms with Gasteiger partial charge in [0.1, 0.15) is 12.3 Å². The Morgan fingerprint density at radius 2 is 1.67 bits per heavy atom. The zero-order chi connectivity index (χ0) is 17.5. The number of nitrogens with zero attached hydrogens (tertiary/aromatic N) is 1. The van der Waals surface area contributed by atoms with Gasteiger partial charge in [0.15, 0.2) is 0 Å². The average molecular weight is 326 g/mol. The highest BCUT2D eigenvalue weighted by molar-refractivity contribution is 6.02. The van der Waals surface area contributed by atoms with E-state index in [4.69, 9.17) is 4.74 Å².